The van der Waals surface area contributed by atoms with Gasteiger partial charge in [0.1, 0.15) is 5.69 Å². The normalized spacial score (nSPS) is 10.9. The first-order chi connectivity index (χ1) is 10.4. The number of carbonyl (C=O) groups is 1. The second kappa shape index (κ2) is 6.20. The molecule has 1 aromatic heterocycles. The second-order valence-corrected chi connectivity index (χ2v) is 3.98. The van der Waals surface area contributed by atoms with Crippen LogP contribution in [0.3, 0.4) is 0 Å². The van der Waals surface area contributed by atoms with E-state index in [1.54, 1.807) is 0 Å². The van der Waals surface area contributed by atoms with Crippen molar-refractivity contribution >= 4 is 17.9 Å². The van der Waals surface area contributed by atoms with E-state index < -0.39 is 35.2 Å². The Morgan fingerprint density at radius 3 is 2.14 bits per heavy atom. The van der Waals surface area contributed by atoms with Crippen LogP contribution >= 0.6 is 0 Å². The number of hydrogen-bond acceptors (Lipinski definition) is 5. The van der Waals surface area contributed by atoms with E-state index in [4.69, 9.17) is 0 Å². The molecule has 0 bridgehead atoms. The van der Waals surface area contributed by atoms with Crippen molar-refractivity contribution in [3.63, 3.8) is 0 Å². The molecule has 0 aliphatic rings. The summed E-state index contributed by atoms with van der Waals surface area (Å²) in [5.74, 6) is -8.43. The summed E-state index contributed by atoms with van der Waals surface area (Å²) in [7, 11) is 0. The number of aromatic nitrogens is 1. The highest BCUT2D eigenvalue weighted by Crippen LogP contribution is 2.21. The van der Waals surface area contributed by atoms with Crippen LogP contribution in [0.25, 0.3) is 0 Å². The zero-order valence-corrected chi connectivity index (χ0v) is 10.6. The van der Waals surface area contributed by atoms with Crippen LogP contribution in [0.15, 0.2) is 29.4 Å². The summed E-state index contributed by atoms with van der Waals surface area (Å²) in [6.07, 6.45) is 1.06. The highest BCUT2D eigenvalue weighted by Gasteiger charge is 2.20. The third-order valence-electron chi connectivity index (χ3n) is 2.53. The third-order valence-corrected chi connectivity index (χ3v) is 2.53. The number of pyridine rings is 1. The number of anilines is 1. The fraction of sp³-hybridized carbons (Fsp3) is 0. The van der Waals surface area contributed by atoms with E-state index in [1.807, 2.05) is 5.43 Å². The molecule has 0 saturated heterocycles. The number of nitrogens with zero attached hydrogens (tertiary/aromatic N) is 2. The van der Waals surface area contributed by atoms with Gasteiger partial charge in [-0.15, -0.1) is 0 Å². The summed E-state index contributed by atoms with van der Waals surface area (Å²) >= 11 is 0. The smallest absolute Gasteiger partial charge is 0.254 e. The van der Waals surface area contributed by atoms with E-state index in [9.17, 15) is 27.5 Å². The molecule has 0 saturated carbocycles. The molecule has 5 nitrogen and oxygen atoms in total. The van der Waals surface area contributed by atoms with Crippen molar-refractivity contribution in [2.75, 3.05) is 5.43 Å². The Morgan fingerprint density at radius 2 is 1.64 bits per heavy atom. The lowest BCUT2D eigenvalue weighted by molar-refractivity contribution is -0.255. The molecule has 9 heteroatoms. The number of halogens is 4. The molecule has 2 aromatic rings. The van der Waals surface area contributed by atoms with Gasteiger partial charge in [-0.25, -0.2) is 0 Å². The molecule has 0 aliphatic heterocycles. The van der Waals surface area contributed by atoms with Crippen molar-refractivity contribution in [2.24, 2.45) is 5.10 Å². The number of hydrogen-bond donors (Lipinski definition) is 1. The first-order valence-electron chi connectivity index (χ1n) is 5.70. The second-order valence-electron chi connectivity index (χ2n) is 3.98. The first-order valence-corrected chi connectivity index (χ1v) is 5.70. The van der Waals surface area contributed by atoms with Crippen LogP contribution in [0, 0.1) is 23.5 Å². The van der Waals surface area contributed by atoms with E-state index in [1.165, 1.54) is 24.3 Å². The van der Waals surface area contributed by atoms with Crippen LogP contribution < -0.4 is 10.5 Å². The average Bonchev–Trinajstić information content (AvgIpc) is 2.49. The summed E-state index contributed by atoms with van der Waals surface area (Å²) in [5.41, 5.74) is 0.987. The number of carboxylic acids is 1. The minimum atomic E-state index is -1.81. The number of aromatic carboxylic acids is 1. The zero-order valence-electron chi connectivity index (χ0n) is 10.6. The van der Waals surface area contributed by atoms with Crippen LogP contribution in [-0.4, -0.2) is 17.2 Å². The van der Waals surface area contributed by atoms with Gasteiger partial charge in [0.05, 0.1) is 12.2 Å². The van der Waals surface area contributed by atoms with Crippen molar-refractivity contribution in [2.45, 2.75) is 0 Å². The Bertz CT molecular complexity index is 722. The lowest BCUT2D eigenvalue weighted by atomic mass is 10.1. The maximum Gasteiger partial charge on any atom is 0.254 e. The minimum absolute atomic E-state index is 0.0690. The molecule has 0 aliphatic carbocycles. The fourth-order valence-electron chi connectivity index (χ4n) is 1.46. The van der Waals surface area contributed by atoms with Gasteiger partial charge in [0.15, 0.2) is 0 Å². The number of benzene rings is 1. The monoisotopic (exact) mass is 312 g/mol. The quantitative estimate of drug-likeness (QED) is 0.401. The SMILES string of the molecule is O=C([O-])c1ccc(/C=N\Nc2c(F)c(F)nc(F)c2F)cc1. The third kappa shape index (κ3) is 3.19. The van der Waals surface area contributed by atoms with Gasteiger partial charge in [-0.1, -0.05) is 24.3 Å². The largest absolute Gasteiger partial charge is 0.545 e. The van der Waals surface area contributed by atoms with Crippen LogP contribution in [-0.2, 0) is 0 Å². The highest BCUT2D eigenvalue weighted by molar-refractivity contribution is 5.87. The Hall–Kier alpha value is -2.97. The van der Waals surface area contributed by atoms with Crippen molar-refractivity contribution < 1.29 is 27.5 Å². The summed E-state index contributed by atoms with van der Waals surface area (Å²) in [6.45, 7) is 0. The Labute approximate surface area is 120 Å². The molecule has 1 N–H and O–H groups in total. The van der Waals surface area contributed by atoms with Gasteiger partial charge in [0, 0.05) is 0 Å². The molecule has 0 atom stereocenters. The lowest BCUT2D eigenvalue weighted by Crippen LogP contribution is -2.21. The number of rotatable bonds is 4. The van der Waals surface area contributed by atoms with E-state index in [0.29, 0.717) is 5.56 Å². The molecule has 0 spiro atoms. The molecule has 2 rings (SSSR count). The minimum Gasteiger partial charge on any atom is -0.545 e. The van der Waals surface area contributed by atoms with Gasteiger partial charge in [-0.3, -0.25) is 5.43 Å². The van der Waals surface area contributed by atoms with E-state index in [2.05, 4.69) is 10.1 Å². The van der Waals surface area contributed by atoms with Crippen LogP contribution in [0.2, 0.25) is 0 Å². The molecular weight excluding hydrogens is 306 g/mol. The molecule has 0 fully saturated rings. The highest BCUT2D eigenvalue weighted by atomic mass is 19.2. The molecule has 0 amide bonds. The predicted molar refractivity (Wildman–Crippen MR) is 66.1 cm³/mol. The lowest BCUT2D eigenvalue weighted by Gasteiger charge is -2.05. The van der Waals surface area contributed by atoms with E-state index >= 15 is 0 Å². The Balaban J connectivity index is 2.18. The van der Waals surface area contributed by atoms with E-state index in [0.717, 1.165) is 6.21 Å². The van der Waals surface area contributed by atoms with Crippen LogP contribution in [0.4, 0.5) is 23.2 Å². The van der Waals surface area contributed by atoms with Crippen molar-refractivity contribution in [1.29, 1.82) is 0 Å². The molecule has 22 heavy (non-hydrogen) atoms. The number of carbonyl (C=O) groups excluding carboxylic acids is 1. The summed E-state index contributed by atoms with van der Waals surface area (Å²) in [4.78, 5) is 12.9. The van der Waals surface area contributed by atoms with Crippen molar-refractivity contribution in [3.05, 3.63) is 58.9 Å². The fourth-order valence-corrected chi connectivity index (χ4v) is 1.46. The Morgan fingerprint density at radius 1 is 1.09 bits per heavy atom. The van der Waals surface area contributed by atoms with Gasteiger partial charge in [-0.2, -0.15) is 27.6 Å². The number of hydrazone groups is 1. The first kappa shape index (κ1) is 15.4. The van der Waals surface area contributed by atoms with E-state index in [-0.39, 0.29) is 5.56 Å². The maximum absolute atomic E-state index is 13.3. The van der Waals surface area contributed by atoms with Gasteiger partial charge >= 0.3 is 0 Å². The maximum atomic E-state index is 13.3. The average molecular weight is 312 g/mol. The number of nitrogens with one attached hydrogen (secondary N) is 1. The molecular formula is C13H6F4N3O2-. The Kier molecular flexibility index (Phi) is 4.35. The standard InChI is InChI=1S/C13H7F4N3O2/c14-8-10(9(15)12(17)19-11(8)16)20-18-5-6-1-3-7(4-2-6)13(21)22/h1-5H,(H,19,20)(H,21,22)/p-1/b18-5-. The predicted octanol–water partition coefficient (Wildman–Crippen LogP) is 1.45. The van der Waals surface area contributed by atoms with Gasteiger partial charge < -0.3 is 9.90 Å². The van der Waals surface area contributed by atoms with Crippen LogP contribution in [0.5, 0.6) is 0 Å². The molecule has 0 radical (unpaired) electrons. The van der Waals surface area contributed by atoms with Crippen molar-refractivity contribution in [1.82, 2.24) is 4.98 Å². The molecule has 114 valence electrons. The van der Waals surface area contributed by atoms with Gasteiger partial charge in [0.2, 0.25) is 11.6 Å². The zero-order chi connectivity index (χ0) is 16.3. The molecule has 1 aromatic carbocycles. The van der Waals surface area contributed by atoms with Gasteiger partial charge in [0.25, 0.3) is 11.9 Å². The summed E-state index contributed by atoms with van der Waals surface area (Å²) in [5, 5.41) is 13.9. The summed E-state index contributed by atoms with van der Waals surface area (Å²) < 4.78 is 52.2. The topological polar surface area (TPSA) is 77.4 Å². The van der Waals surface area contributed by atoms with Crippen LogP contribution in [0.1, 0.15) is 15.9 Å². The van der Waals surface area contributed by atoms with Crippen molar-refractivity contribution in [3.8, 4) is 0 Å². The number of carboxylic acid groups (broad SMARTS) is 1. The van der Waals surface area contributed by atoms with Gasteiger partial charge in [-0.05, 0) is 11.1 Å². The summed E-state index contributed by atoms with van der Waals surface area (Å²) in [6, 6.07) is 5.14. The molecule has 0 unspecified atom stereocenters. The molecule has 1 heterocycles.